The minimum absolute atomic E-state index is 0.117. The van der Waals surface area contributed by atoms with Gasteiger partial charge in [-0.2, -0.15) is 0 Å². The van der Waals surface area contributed by atoms with Crippen molar-refractivity contribution in [2.75, 3.05) is 39.2 Å². The Morgan fingerprint density at radius 2 is 1.77 bits per heavy atom. The minimum atomic E-state index is -0.420. The highest BCUT2D eigenvalue weighted by molar-refractivity contribution is 7.22. The molecule has 0 spiro atoms. The Labute approximate surface area is 181 Å². The second kappa shape index (κ2) is 9.36. The Morgan fingerprint density at radius 3 is 2.40 bits per heavy atom. The molecule has 0 aliphatic rings. The third kappa shape index (κ3) is 4.86. The van der Waals surface area contributed by atoms with Crippen LogP contribution in [-0.4, -0.2) is 51.2 Å². The van der Waals surface area contributed by atoms with Gasteiger partial charge in [-0.05, 0) is 55.3 Å². The fourth-order valence-corrected chi connectivity index (χ4v) is 4.54. The monoisotopic (exact) mass is 426 g/mol. The van der Waals surface area contributed by atoms with Crippen LogP contribution in [0.5, 0.6) is 0 Å². The van der Waals surface area contributed by atoms with Crippen LogP contribution in [0.15, 0.2) is 36.4 Å². The number of nitrogens with one attached hydrogen (secondary N) is 1. The number of esters is 1. The number of methoxy groups -OCH3 is 1. The van der Waals surface area contributed by atoms with Crippen LogP contribution in [0.3, 0.4) is 0 Å². The lowest BCUT2D eigenvalue weighted by atomic mass is 10.1. The number of nitrogens with zero attached hydrogens (tertiary/aromatic N) is 2. The van der Waals surface area contributed by atoms with Gasteiger partial charge in [0.25, 0.3) is 5.91 Å². The maximum atomic E-state index is 13.4. The second-order valence-electron chi connectivity index (χ2n) is 7.76. The lowest BCUT2D eigenvalue weighted by molar-refractivity contribution is -0.858. The molecule has 6 nitrogen and oxygen atoms in total. The van der Waals surface area contributed by atoms with Crippen molar-refractivity contribution in [2.24, 2.45) is 0 Å². The molecule has 0 atom stereocenters. The molecule has 0 radical (unpaired) electrons. The van der Waals surface area contributed by atoms with E-state index >= 15 is 0 Å². The van der Waals surface area contributed by atoms with Crippen molar-refractivity contribution in [1.29, 1.82) is 0 Å². The molecule has 0 aliphatic carbocycles. The van der Waals surface area contributed by atoms with Gasteiger partial charge in [-0.1, -0.05) is 17.4 Å². The van der Waals surface area contributed by atoms with Crippen molar-refractivity contribution in [1.82, 2.24) is 4.98 Å². The number of quaternary nitrogens is 1. The van der Waals surface area contributed by atoms with Gasteiger partial charge in [-0.3, -0.25) is 9.69 Å². The summed E-state index contributed by atoms with van der Waals surface area (Å²) in [5.74, 6) is -0.537. The van der Waals surface area contributed by atoms with E-state index in [1.54, 1.807) is 40.5 Å². The SMILES string of the molecule is COC(=O)c1ccc(C(=O)N(CCC[NH+](C)C)c2nc3c(C)cc(C)cc3s2)cc1. The molecule has 0 saturated heterocycles. The summed E-state index contributed by atoms with van der Waals surface area (Å²) in [6.45, 7) is 5.65. The van der Waals surface area contributed by atoms with E-state index in [9.17, 15) is 9.59 Å². The van der Waals surface area contributed by atoms with Crippen molar-refractivity contribution in [3.63, 3.8) is 0 Å². The van der Waals surface area contributed by atoms with Crippen LogP contribution in [-0.2, 0) is 4.74 Å². The topological polar surface area (TPSA) is 63.9 Å². The summed E-state index contributed by atoms with van der Waals surface area (Å²) in [7, 11) is 5.54. The number of hydrogen-bond acceptors (Lipinski definition) is 5. The lowest BCUT2D eigenvalue weighted by Crippen LogP contribution is -3.05. The van der Waals surface area contributed by atoms with E-state index in [1.807, 2.05) is 6.92 Å². The number of hydrogen-bond donors (Lipinski definition) is 1. The average molecular weight is 427 g/mol. The van der Waals surface area contributed by atoms with Gasteiger partial charge in [0.05, 0.1) is 43.5 Å². The zero-order valence-corrected chi connectivity index (χ0v) is 18.9. The standard InChI is InChI=1S/C23H27N3O3S/c1-15-13-16(2)20-19(14-15)30-23(24-20)26(12-6-11-25(3)4)21(27)17-7-9-18(10-8-17)22(28)29-5/h7-10,13-14H,6,11-12H2,1-5H3/p+1. The van der Waals surface area contributed by atoms with Crippen LogP contribution < -0.4 is 9.80 Å². The van der Waals surface area contributed by atoms with Gasteiger partial charge in [0, 0.05) is 18.5 Å². The predicted octanol–water partition coefficient (Wildman–Crippen LogP) is 2.88. The first-order chi connectivity index (χ1) is 14.3. The van der Waals surface area contributed by atoms with Gasteiger partial charge in [-0.15, -0.1) is 0 Å². The summed E-state index contributed by atoms with van der Waals surface area (Å²) in [6, 6.07) is 10.8. The molecule has 1 heterocycles. The summed E-state index contributed by atoms with van der Waals surface area (Å²) in [4.78, 5) is 32.9. The van der Waals surface area contributed by atoms with E-state index < -0.39 is 5.97 Å². The highest BCUT2D eigenvalue weighted by atomic mass is 32.1. The van der Waals surface area contributed by atoms with E-state index in [0.29, 0.717) is 22.8 Å². The number of fused-ring (bicyclic) bond motifs is 1. The maximum absolute atomic E-state index is 13.4. The Morgan fingerprint density at radius 1 is 1.10 bits per heavy atom. The fraction of sp³-hybridized carbons (Fsp3) is 0.348. The summed E-state index contributed by atoms with van der Waals surface area (Å²) in [6.07, 6.45) is 0.863. The van der Waals surface area contributed by atoms with Crippen LogP contribution in [0.25, 0.3) is 10.2 Å². The first-order valence-corrected chi connectivity index (χ1v) is 10.8. The number of aryl methyl sites for hydroxylation is 2. The van der Waals surface area contributed by atoms with Gasteiger partial charge in [0.1, 0.15) is 0 Å². The van der Waals surface area contributed by atoms with Crippen LogP contribution >= 0.6 is 11.3 Å². The van der Waals surface area contributed by atoms with Gasteiger partial charge in [0.2, 0.25) is 0 Å². The van der Waals surface area contributed by atoms with Crippen LogP contribution in [0.4, 0.5) is 5.13 Å². The smallest absolute Gasteiger partial charge is 0.337 e. The Kier molecular flexibility index (Phi) is 6.84. The molecule has 3 aromatic rings. The molecular formula is C23H28N3O3S+. The zero-order valence-electron chi connectivity index (χ0n) is 18.1. The number of rotatable bonds is 7. The molecule has 30 heavy (non-hydrogen) atoms. The number of benzene rings is 2. The number of anilines is 1. The fourth-order valence-electron chi connectivity index (χ4n) is 3.37. The van der Waals surface area contributed by atoms with Crippen molar-refractivity contribution in [3.05, 3.63) is 58.7 Å². The van der Waals surface area contributed by atoms with Crippen LogP contribution in [0, 0.1) is 13.8 Å². The molecule has 0 fully saturated rings. The Hall–Kier alpha value is -2.77. The predicted molar refractivity (Wildman–Crippen MR) is 121 cm³/mol. The van der Waals surface area contributed by atoms with E-state index in [1.165, 1.54) is 17.6 Å². The van der Waals surface area contributed by atoms with Gasteiger partial charge in [-0.25, -0.2) is 9.78 Å². The lowest BCUT2D eigenvalue weighted by Gasteiger charge is -2.20. The Bertz CT molecular complexity index is 1060. The molecule has 158 valence electrons. The van der Waals surface area contributed by atoms with Gasteiger partial charge < -0.3 is 9.64 Å². The zero-order chi connectivity index (χ0) is 21.8. The summed E-state index contributed by atoms with van der Waals surface area (Å²) in [5.41, 5.74) is 4.18. The summed E-state index contributed by atoms with van der Waals surface area (Å²) >= 11 is 1.54. The van der Waals surface area contributed by atoms with Gasteiger partial charge >= 0.3 is 5.97 Å². The number of ether oxygens (including phenoxy) is 1. The van der Waals surface area contributed by atoms with Crippen molar-refractivity contribution in [3.8, 4) is 0 Å². The summed E-state index contributed by atoms with van der Waals surface area (Å²) < 4.78 is 5.82. The highest BCUT2D eigenvalue weighted by Crippen LogP contribution is 2.32. The van der Waals surface area contributed by atoms with E-state index in [2.05, 4.69) is 33.2 Å². The number of aromatic nitrogens is 1. The van der Waals surface area contributed by atoms with Crippen LogP contribution in [0.1, 0.15) is 38.3 Å². The number of amides is 1. The number of carbonyl (C=O) groups excluding carboxylic acids is 2. The normalized spacial score (nSPS) is 11.1. The first-order valence-electron chi connectivity index (χ1n) is 9.97. The molecule has 0 aliphatic heterocycles. The molecule has 7 heteroatoms. The molecule has 3 rings (SSSR count). The van der Waals surface area contributed by atoms with E-state index in [-0.39, 0.29) is 5.91 Å². The molecule has 2 aromatic carbocycles. The maximum Gasteiger partial charge on any atom is 0.337 e. The van der Waals surface area contributed by atoms with Crippen molar-refractivity contribution in [2.45, 2.75) is 20.3 Å². The first kappa shape index (κ1) is 21.9. The molecule has 1 amide bonds. The molecule has 1 N–H and O–H groups in total. The minimum Gasteiger partial charge on any atom is -0.465 e. The summed E-state index contributed by atoms with van der Waals surface area (Å²) in [5, 5.41) is 0.703. The number of carbonyl (C=O) groups is 2. The second-order valence-corrected chi connectivity index (χ2v) is 8.77. The molecular weight excluding hydrogens is 398 g/mol. The molecule has 0 saturated carbocycles. The average Bonchev–Trinajstić information content (AvgIpc) is 3.14. The largest absolute Gasteiger partial charge is 0.465 e. The molecule has 1 aromatic heterocycles. The number of thiazole rings is 1. The third-order valence-electron chi connectivity index (χ3n) is 4.91. The van der Waals surface area contributed by atoms with Crippen molar-refractivity contribution >= 4 is 38.6 Å². The molecule has 0 bridgehead atoms. The van der Waals surface area contributed by atoms with E-state index in [0.717, 1.165) is 28.7 Å². The quantitative estimate of drug-likeness (QED) is 0.590. The van der Waals surface area contributed by atoms with E-state index in [4.69, 9.17) is 9.72 Å². The van der Waals surface area contributed by atoms with Crippen molar-refractivity contribution < 1.29 is 19.2 Å². The van der Waals surface area contributed by atoms with Gasteiger partial charge in [0.15, 0.2) is 5.13 Å². The Balaban J connectivity index is 1.94. The van der Waals surface area contributed by atoms with Crippen LogP contribution in [0.2, 0.25) is 0 Å². The third-order valence-corrected chi connectivity index (χ3v) is 5.93. The highest BCUT2D eigenvalue weighted by Gasteiger charge is 2.22. The molecule has 0 unspecified atom stereocenters.